The second-order valence-corrected chi connectivity index (χ2v) is 1.76. The van der Waals surface area contributed by atoms with Gasteiger partial charge in [0.25, 0.3) is 0 Å². The van der Waals surface area contributed by atoms with E-state index in [1.807, 2.05) is 0 Å². The van der Waals surface area contributed by atoms with Crippen LogP contribution in [0, 0.1) is 0 Å². The maximum absolute atomic E-state index is 9.80. The first-order valence-corrected chi connectivity index (χ1v) is 2.43. The van der Waals surface area contributed by atoms with Crippen LogP contribution >= 0.6 is 11.5 Å². The van der Waals surface area contributed by atoms with E-state index in [4.69, 9.17) is 0 Å². The molecule has 0 atom stereocenters. The second-order valence-electron chi connectivity index (χ2n) is 0.938. The van der Waals surface area contributed by atoms with Crippen molar-refractivity contribution in [2.45, 2.75) is 0 Å². The molecule has 1 aromatic rings. The van der Waals surface area contributed by atoms with Crippen molar-refractivity contribution in [1.82, 2.24) is 9.59 Å². The first-order valence-electron chi connectivity index (χ1n) is 1.66. The smallest absolute Gasteiger partial charge is 0.163 e. The van der Waals surface area contributed by atoms with Gasteiger partial charge in [-0.1, -0.05) is 4.49 Å². The molecule has 0 saturated carbocycles. The molecule has 1 heterocycles. The summed E-state index contributed by atoms with van der Waals surface area (Å²) in [5, 5.41) is 3.43. The van der Waals surface area contributed by atoms with Crippen LogP contribution in [0.1, 0.15) is 9.67 Å². The molecule has 1 aromatic heterocycles. The lowest BCUT2D eigenvalue weighted by Gasteiger charge is -1.60. The molecular formula is C3H2N2OS. The summed E-state index contributed by atoms with van der Waals surface area (Å²) in [6.07, 6.45) is 2.16. The number of aromatic nitrogens is 2. The zero-order valence-electron chi connectivity index (χ0n) is 3.37. The molecule has 0 bridgehead atoms. The van der Waals surface area contributed by atoms with E-state index >= 15 is 0 Å². The van der Waals surface area contributed by atoms with E-state index in [-0.39, 0.29) is 0 Å². The summed E-state index contributed by atoms with van der Waals surface area (Å²) in [4.78, 5) is 10.4. The third kappa shape index (κ3) is 0.806. The molecule has 0 aliphatic heterocycles. The summed E-state index contributed by atoms with van der Waals surface area (Å²) >= 11 is 1.09. The molecule has 0 amide bonds. The Morgan fingerprint density at radius 1 is 1.86 bits per heavy atom. The van der Waals surface area contributed by atoms with Crippen LogP contribution in [0.4, 0.5) is 0 Å². The lowest BCUT2D eigenvalue weighted by Crippen LogP contribution is -1.63. The Bertz CT molecular complexity index is 148. The SMILES string of the molecule is O=Cc1cnns1. The van der Waals surface area contributed by atoms with Crippen molar-refractivity contribution in [2.24, 2.45) is 0 Å². The first kappa shape index (κ1) is 4.39. The third-order valence-electron chi connectivity index (χ3n) is 0.495. The van der Waals surface area contributed by atoms with E-state index in [9.17, 15) is 4.79 Å². The van der Waals surface area contributed by atoms with Crippen molar-refractivity contribution in [3.05, 3.63) is 11.1 Å². The third-order valence-corrected chi connectivity index (χ3v) is 1.08. The number of hydrogen-bond acceptors (Lipinski definition) is 4. The maximum Gasteiger partial charge on any atom is 0.163 e. The molecule has 0 N–H and O–H groups in total. The van der Waals surface area contributed by atoms with E-state index in [0.29, 0.717) is 4.88 Å². The fraction of sp³-hybridized carbons (Fsp3) is 0. The molecule has 3 nitrogen and oxygen atoms in total. The number of carbonyl (C=O) groups excluding carboxylic acids is 1. The Hall–Kier alpha value is -0.770. The van der Waals surface area contributed by atoms with E-state index in [1.165, 1.54) is 6.20 Å². The lowest BCUT2D eigenvalue weighted by molar-refractivity contribution is 0.112. The Balaban J connectivity index is 2.96. The molecule has 0 saturated heterocycles. The topological polar surface area (TPSA) is 42.9 Å². The number of rotatable bonds is 1. The summed E-state index contributed by atoms with van der Waals surface area (Å²) < 4.78 is 3.45. The molecule has 0 aliphatic carbocycles. The van der Waals surface area contributed by atoms with Gasteiger partial charge in [0.1, 0.15) is 4.88 Å². The van der Waals surface area contributed by atoms with Gasteiger partial charge in [0.05, 0.1) is 6.20 Å². The highest BCUT2D eigenvalue weighted by Crippen LogP contribution is 1.94. The van der Waals surface area contributed by atoms with E-state index < -0.39 is 0 Å². The average Bonchev–Trinajstić information content (AvgIpc) is 2.14. The Morgan fingerprint density at radius 3 is 3.00 bits per heavy atom. The van der Waals surface area contributed by atoms with Gasteiger partial charge in [0.15, 0.2) is 6.29 Å². The monoisotopic (exact) mass is 114 g/mol. The maximum atomic E-state index is 9.80. The molecule has 0 fully saturated rings. The number of carbonyl (C=O) groups is 1. The number of nitrogens with zero attached hydrogens (tertiary/aromatic N) is 2. The van der Waals surface area contributed by atoms with Crippen molar-refractivity contribution >= 4 is 17.8 Å². The van der Waals surface area contributed by atoms with Crippen molar-refractivity contribution in [3.63, 3.8) is 0 Å². The van der Waals surface area contributed by atoms with Gasteiger partial charge in [0.2, 0.25) is 0 Å². The summed E-state index contributed by atoms with van der Waals surface area (Å²) in [6, 6.07) is 0. The summed E-state index contributed by atoms with van der Waals surface area (Å²) in [6.45, 7) is 0. The van der Waals surface area contributed by atoms with Gasteiger partial charge in [0, 0.05) is 0 Å². The predicted octanol–water partition coefficient (Wildman–Crippen LogP) is 0.351. The summed E-state index contributed by atoms with van der Waals surface area (Å²) in [5.74, 6) is 0. The molecule has 36 valence electrons. The summed E-state index contributed by atoms with van der Waals surface area (Å²) in [5.41, 5.74) is 0. The van der Waals surface area contributed by atoms with Crippen LogP contribution in [0.25, 0.3) is 0 Å². The van der Waals surface area contributed by atoms with Crippen LogP contribution in [0.3, 0.4) is 0 Å². The van der Waals surface area contributed by atoms with Gasteiger partial charge >= 0.3 is 0 Å². The fourth-order valence-corrected chi connectivity index (χ4v) is 0.553. The van der Waals surface area contributed by atoms with E-state index in [1.54, 1.807) is 0 Å². The molecular weight excluding hydrogens is 112 g/mol. The Kier molecular flexibility index (Phi) is 1.12. The van der Waals surface area contributed by atoms with Gasteiger partial charge in [-0.15, -0.1) is 5.10 Å². The van der Waals surface area contributed by atoms with Gasteiger partial charge < -0.3 is 0 Å². The largest absolute Gasteiger partial charge is 0.297 e. The standard InChI is InChI=1S/C3H2N2OS/c6-2-3-1-4-5-7-3/h1-2H. The minimum atomic E-state index is 0.569. The highest BCUT2D eigenvalue weighted by atomic mass is 32.1. The Morgan fingerprint density at radius 2 is 2.71 bits per heavy atom. The van der Waals surface area contributed by atoms with Gasteiger partial charge in [-0.3, -0.25) is 4.79 Å². The minimum absolute atomic E-state index is 0.569. The van der Waals surface area contributed by atoms with Crippen LogP contribution in [-0.4, -0.2) is 15.9 Å². The fourth-order valence-electron chi connectivity index (χ4n) is 0.227. The van der Waals surface area contributed by atoms with Gasteiger partial charge in [-0.05, 0) is 11.5 Å². The molecule has 0 spiro atoms. The van der Waals surface area contributed by atoms with Crippen LogP contribution in [0.15, 0.2) is 6.20 Å². The normalized spacial score (nSPS) is 8.57. The number of aldehydes is 1. The lowest BCUT2D eigenvalue weighted by atomic mass is 10.6. The molecule has 7 heavy (non-hydrogen) atoms. The summed E-state index contributed by atoms with van der Waals surface area (Å²) in [7, 11) is 0. The highest BCUT2D eigenvalue weighted by Gasteiger charge is 1.86. The van der Waals surface area contributed by atoms with Crippen LogP contribution in [0.5, 0.6) is 0 Å². The molecule has 0 aliphatic rings. The zero-order valence-corrected chi connectivity index (χ0v) is 4.18. The zero-order chi connectivity index (χ0) is 5.11. The minimum Gasteiger partial charge on any atom is -0.297 e. The predicted molar refractivity (Wildman–Crippen MR) is 25.3 cm³/mol. The van der Waals surface area contributed by atoms with Crippen LogP contribution < -0.4 is 0 Å². The van der Waals surface area contributed by atoms with Gasteiger partial charge in [-0.2, -0.15) is 0 Å². The molecule has 0 aromatic carbocycles. The van der Waals surface area contributed by atoms with Crippen molar-refractivity contribution in [3.8, 4) is 0 Å². The second kappa shape index (κ2) is 1.79. The molecule has 0 unspecified atom stereocenters. The van der Waals surface area contributed by atoms with Gasteiger partial charge in [-0.25, -0.2) is 0 Å². The molecule has 0 radical (unpaired) electrons. The first-order chi connectivity index (χ1) is 3.43. The van der Waals surface area contributed by atoms with Crippen LogP contribution in [0.2, 0.25) is 0 Å². The Labute approximate surface area is 44.1 Å². The average molecular weight is 114 g/mol. The molecule has 1 rings (SSSR count). The van der Waals surface area contributed by atoms with E-state index in [0.717, 1.165) is 17.8 Å². The van der Waals surface area contributed by atoms with Crippen molar-refractivity contribution in [1.29, 1.82) is 0 Å². The molecule has 4 heteroatoms. The highest BCUT2D eigenvalue weighted by molar-refractivity contribution is 7.07. The van der Waals surface area contributed by atoms with Crippen LogP contribution in [-0.2, 0) is 0 Å². The quantitative estimate of drug-likeness (QED) is 0.495. The number of hydrogen-bond donors (Lipinski definition) is 0. The van der Waals surface area contributed by atoms with E-state index in [2.05, 4.69) is 9.59 Å². The van der Waals surface area contributed by atoms with Crippen molar-refractivity contribution in [2.75, 3.05) is 0 Å². The van der Waals surface area contributed by atoms with Crippen molar-refractivity contribution < 1.29 is 4.79 Å².